The van der Waals surface area contributed by atoms with Crippen molar-refractivity contribution < 1.29 is 41.6 Å². The summed E-state index contributed by atoms with van der Waals surface area (Å²) in [5, 5.41) is 0. The fourth-order valence-electron chi connectivity index (χ4n) is 4.62. The average molecular weight is 633 g/mol. The van der Waals surface area contributed by atoms with Crippen LogP contribution in [-0.2, 0) is 33.9 Å². The predicted molar refractivity (Wildman–Crippen MR) is 110 cm³/mol. The van der Waals surface area contributed by atoms with Gasteiger partial charge in [0.15, 0.2) is 0 Å². The predicted octanol–water partition coefficient (Wildman–Crippen LogP) is 2.70. The Morgan fingerprint density at radius 1 is 1.17 bits per heavy atom. The van der Waals surface area contributed by atoms with Gasteiger partial charge in [0, 0.05) is 25.3 Å². The lowest BCUT2D eigenvalue weighted by Gasteiger charge is -2.30. The number of hydrogen-bond donors (Lipinski definition) is 1. The molecule has 0 aromatic heterocycles. The van der Waals surface area contributed by atoms with Crippen LogP contribution in [0.1, 0.15) is 16.8 Å². The van der Waals surface area contributed by atoms with Crippen molar-refractivity contribution >= 4 is 75.8 Å². The molecule has 2 saturated carbocycles. The van der Waals surface area contributed by atoms with Crippen molar-refractivity contribution in [2.45, 2.75) is 18.6 Å². The smallest absolute Gasteiger partial charge is 0.340 e. The first kappa shape index (κ1) is 22.2. The molecule has 1 heterocycles. The fourth-order valence-corrected chi connectivity index (χ4v) is 7.46. The van der Waals surface area contributed by atoms with Crippen molar-refractivity contribution in [3.63, 3.8) is 0 Å². The maximum atomic E-state index is 12.9. The van der Waals surface area contributed by atoms with Gasteiger partial charge in [-0.1, -0.05) is 15.9 Å². The standard InChI is InChI=1S/C17H13Br3O9S/c18-5-1-8(19)12(9(20)2-5)17(23)29-13-6-3-7-11(16(22)28-14(7)13)10(6)15(21)27-4-30(24,25)26/h1-2,6-7,10-11,13-14H,3-4H2,(H,24,25,26). The first-order valence-corrected chi connectivity index (χ1v) is 12.6. The van der Waals surface area contributed by atoms with Crippen molar-refractivity contribution in [2.24, 2.45) is 23.7 Å². The van der Waals surface area contributed by atoms with Crippen LogP contribution < -0.4 is 0 Å². The molecule has 1 aliphatic heterocycles. The zero-order chi connectivity index (χ0) is 22.0. The minimum Gasteiger partial charge on any atom is -0.458 e. The van der Waals surface area contributed by atoms with E-state index in [-0.39, 0.29) is 11.5 Å². The van der Waals surface area contributed by atoms with Crippen LogP contribution in [0, 0.1) is 23.7 Å². The Labute approximate surface area is 195 Å². The van der Waals surface area contributed by atoms with E-state index < -0.39 is 63.9 Å². The first-order chi connectivity index (χ1) is 14.0. The highest BCUT2D eigenvalue weighted by atomic mass is 79.9. The van der Waals surface area contributed by atoms with Gasteiger partial charge in [-0.3, -0.25) is 14.1 Å². The molecule has 3 fully saturated rings. The molecule has 13 heteroatoms. The van der Waals surface area contributed by atoms with Crippen LogP contribution in [0.15, 0.2) is 25.6 Å². The zero-order valence-corrected chi connectivity index (χ0v) is 20.4. The summed E-state index contributed by atoms with van der Waals surface area (Å²) in [6.07, 6.45) is -1.15. The maximum absolute atomic E-state index is 12.9. The van der Waals surface area contributed by atoms with Gasteiger partial charge in [-0.05, 0) is 50.4 Å². The van der Waals surface area contributed by atoms with Gasteiger partial charge in [0.1, 0.15) is 12.2 Å². The summed E-state index contributed by atoms with van der Waals surface area (Å²) in [7, 11) is -4.53. The van der Waals surface area contributed by atoms with E-state index >= 15 is 0 Å². The average Bonchev–Trinajstić information content (AvgIpc) is 3.21. The lowest BCUT2D eigenvalue weighted by atomic mass is 9.78. The molecule has 6 atom stereocenters. The van der Waals surface area contributed by atoms with E-state index in [0.29, 0.717) is 15.4 Å². The monoisotopic (exact) mass is 630 g/mol. The first-order valence-electron chi connectivity index (χ1n) is 8.65. The fraction of sp³-hybridized carbons (Fsp3) is 0.471. The summed E-state index contributed by atoms with van der Waals surface area (Å²) < 4.78 is 48.0. The molecule has 0 amide bonds. The van der Waals surface area contributed by atoms with Crippen LogP contribution >= 0.6 is 47.8 Å². The second kappa shape index (κ2) is 7.84. The number of carbonyl (C=O) groups excluding carboxylic acids is 3. The maximum Gasteiger partial charge on any atom is 0.340 e. The Bertz CT molecular complexity index is 1030. The van der Waals surface area contributed by atoms with E-state index in [1.165, 1.54) is 0 Å². The van der Waals surface area contributed by atoms with E-state index in [2.05, 4.69) is 52.5 Å². The summed E-state index contributed by atoms with van der Waals surface area (Å²) in [5.74, 6) is -6.15. The Kier molecular flexibility index (Phi) is 5.79. The van der Waals surface area contributed by atoms with Crippen LogP contribution in [0.2, 0.25) is 0 Å². The molecule has 1 saturated heterocycles. The second-order valence-corrected chi connectivity index (χ2v) is 11.3. The third-order valence-corrected chi connectivity index (χ3v) is 7.75. The highest BCUT2D eigenvalue weighted by molar-refractivity contribution is 9.11. The second-order valence-electron chi connectivity index (χ2n) is 7.29. The number of hydrogen-bond acceptors (Lipinski definition) is 8. The summed E-state index contributed by atoms with van der Waals surface area (Å²) in [4.78, 5) is 37.6. The Morgan fingerprint density at radius 3 is 2.40 bits per heavy atom. The Balaban J connectivity index is 1.57. The molecule has 2 aliphatic carbocycles. The third kappa shape index (κ3) is 3.83. The molecule has 1 N–H and O–H groups in total. The molecule has 30 heavy (non-hydrogen) atoms. The summed E-state index contributed by atoms with van der Waals surface area (Å²) >= 11 is 9.94. The highest BCUT2D eigenvalue weighted by Gasteiger charge is 2.70. The molecular formula is C17H13Br3O9S. The van der Waals surface area contributed by atoms with E-state index in [9.17, 15) is 22.8 Å². The molecule has 0 spiro atoms. The third-order valence-electron chi connectivity index (χ3n) is 5.62. The summed E-state index contributed by atoms with van der Waals surface area (Å²) in [5.41, 5.74) is 0.229. The summed E-state index contributed by atoms with van der Waals surface area (Å²) in [6.45, 7) is 0. The normalized spacial score (nSPS) is 31.5. The lowest BCUT2D eigenvalue weighted by Crippen LogP contribution is -2.44. The topological polar surface area (TPSA) is 133 Å². The van der Waals surface area contributed by atoms with Crippen molar-refractivity contribution in [2.75, 3.05) is 5.94 Å². The van der Waals surface area contributed by atoms with Gasteiger partial charge in [0.05, 0.1) is 17.4 Å². The minimum absolute atomic E-state index is 0.229. The van der Waals surface area contributed by atoms with Gasteiger partial charge in [0.25, 0.3) is 0 Å². The van der Waals surface area contributed by atoms with Crippen LogP contribution in [0.3, 0.4) is 0 Å². The minimum atomic E-state index is -4.53. The van der Waals surface area contributed by atoms with Gasteiger partial charge in [0.2, 0.25) is 5.94 Å². The van der Waals surface area contributed by atoms with Crippen molar-refractivity contribution in [1.29, 1.82) is 0 Å². The number of rotatable bonds is 5. The number of fused-ring (bicyclic) bond motifs is 1. The van der Waals surface area contributed by atoms with E-state index in [1.54, 1.807) is 12.1 Å². The molecule has 0 radical (unpaired) electrons. The van der Waals surface area contributed by atoms with Gasteiger partial charge in [-0.2, -0.15) is 8.42 Å². The van der Waals surface area contributed by atoms with Gasteiger partial charge >= 0.3 is 28.0 Å². The molecule has 2 bridgehead atoms. The molecule has 162 valence electrons. The van der Waals surface area contributed by atoms with E-state index in [1.807, 2.05) is 0 Å². The van der Waals surface area contributed by atoms with Gasteiger partial charge in [-0.25, -0.2) is 4.79 Å². The van der Waals surface area contributed by atoms with E-state index in [4.69, 9.17) is 14.0 Å². The molecule has 1 aromatic carbocycles. The van der Waals surface area contributed by atoms with Crippen molar-refractivity contribution in [3.05, 3.63) is 31.1 Å². The van der Waals surface area contributed by atoms with Crippen LogP contribution in [0.5, 0.6) is 0 Å². The van der Waals surface area contributed by atoms with Crippen molar-refractivity contribution in [1.82, 2.24) is 0 Å². The zero-order valence-electron chi connectivity index (χ0n) is 14.8. The number of ether oxygens (including phenoxy) is 3. The quantitative estimate of drug-likeness (QED) is 0.296. The number of carbonyl (C=O) groups is 3. The Hall–Kier alpha value is -1.02. The molecule has 6 unspecified atom stereocenters. The van der Waals surface area contributed by atoms with E-state index in [0.717, 1.165) is 4.47 Å². The highest BCUT2D eigenvalue weighted by Crippen LogP contribution is 2.59. The molecule has 4 rings (SSSR count). The Morgan fingerprint density at radius 2 is 1.80 bits per heavy atom. The van der Waals surface area contributed by atoms with Gasteiger partial charge in [-0.15, -0.1) is 0 Å². The summed E-state index contributed by atoms with van der Waals surface area (Å²) in [6, 6.07) is 3.34. The van der Waals surface area contributed by atoms with Crippen LogP contribution in [0.25, 0.3) is 0 Å². The molecular weight excluding hydrogens is 620 g/mol. The molecule has 1 aromatic rings. The number of esters is 3. The number of benzene rings is 1. The largest absolute Gasteiger partial charge is 0.458 e. The lowest BCUT2D eigenvalue weighted by molar-refractivity contribution is -0.154. The number of halogens is 3. The molecule has 3 aliphatic rings. The molecule has 9 nitrogen and oxygen atoms in total. The SMILES string of the molecule is O=C(OC1C2CC3C1OC(=O)C3C2C(=O)OCS(=O)(=O)O)c1c(Br)cc(Br)cc1Br. The van der Waals surface area contributed by atoms with Crippen molar-refractivity contribution in [3.8, 4) is 0 Å². The van der Waals surface area contributed by atoms with Crippen LogP contribution in [0.4, 0.5) is 0 Å². The van der Waals surface area contributed by atoms with Crippen LogP contribution in [-0.4, -0.2) is 49.0 Å². The van der Waals surface area contributed by atoms with Gasteiger partial charge < -0.3 is 14.2 Å².